The highest BCUT2D eigenvalue weighted by Crippen LogP contribution is 2.41. The molecule has 1 fully saturated rings. The molecule has 2 atom stereocenters. The summed E-state index contributed by atoms with van der Waals surface area (Å²) >= 11 is 0. The van der Waals surface area contributed by atoms with E-state index in [4.69, 9.17) is 19.6 Å². The first kappa shape index (κ1) is 23.1. The van der Waals surface area contributed by atoms with E-state index in [1.54, 1.807) is 25.1 Å². The van der Waals surface area contributed by atoms with Gasteiger partial charge >= 0.3 is 6.09 Å². The predicted molar refractivity (Wildman–Crippen MR) is 131 cm³/mol. The van der Waals surface area contributed by atoms with Gasteiger partial charge in [-0.05, 0) is 30.2 Å². The van der Waals surface area contributed by atoms with Crippen LogP contribution in [0.25, 0.3) is 11.5 Å². The molecule has 2 heterocycles. The first-order chi connectivity index (χ1) is 17.4. The van der Waals surface area contributed by atoms with E-state index in [-0.39, 0.29) is 18.2 Å². The van der Waals surface area contributed by atoms with Crippen LogP contribution in [0.5, 0.6) is 5.75 Å². The van der Waals surface area contributed by atoms with Crippen molar-refractivity contribution in [3.05, 3.63) is 95.9 Å². The van der Waals surface area contributed by atoms with Gasteiger partial charge < -0.3 is 19.6 Å². The van der Waals surface area contributed by atoms with Crippen molar-refractivity contribution in [3.8, 4) is 17.2 Å². The van der Waals surface area contributed by atoms with Crippen LogP contribution in [0.4, 0.5) is 10.5 Å². The number of nitrogens with zero attached hydrogens (tertiary/aromatic N) is 3. The van der Waals surface area contributed by atoms with Gasteiger partial charge in [0.05, 0.1) is 13.2 Å². The molecule has 0 radical (unpaired) electrons. The first-order valence-corrected chi connectivity index (χ1v) is 11.4. The average Bonchev–Trinajstić information content (AvgIpc) is 3.48. The molecule has 2 N–H and O–H groups in total. The SMILES string of the molecule is COc1cc(N)cc(-c2nnc([C@@]3(Cc4ccccc4)OC(=O)N([C@H](C)c4ccccc4)C3=O)o2)c1. The minimum Gasteiger partial charge on any atom is -0.497 e. The Hall–Kier alpha value is -4.66. The summed E-state index contributed by atoms with van der Waals surface area (Å²) in [6.07, 6.45) is -0.754. The van der Waals surface area contributed by atoms with E-state index < -0.39 is 23.6 Å². The van der Waals surface area contributed by atoms with Gasteiger partial charge in [0.2, 0.25) is 5.89 Å². The lowest BCUT2D eigenvalue weighted by Crippen LogP contribution is -2.41. The molecule has 1 saturated heterocycles. The quantitative estimate of drug-likeness (QED) is 0.381. The molecule has 3 aromatic carbocycles. The molecule has 0 saturated carbocycles. The number of cyclic esters (lactones) is 1. The van der Waals surface area contributed by atoms with Crippen molar-refractivity contribution < 1.29 is 23.5 Å². The summed E-state index contributed by atoms with van der Waals surface area (Å²) in [7, 11) is 1.52. The lowest BCUT2D eigenvalue weighted by molar-refractivity contribution is -0.140. The lowest BCUT2D eigenvalue weighted by Gasteiger charge is -2.23. The van der Waals surface area contributed by atoms with Gasteiger partial charge in [0.25, 0.3) is 17.4 Å². The topological polar surface area (TPSA) is 121 Å². The van der Waals surface area contributed by atoms with Gasteiger partial charge in [-0.15, -0.1) is 10.2 Å². The van der Waals surface area contributed by atoms with Crippen LogP contribution in [0.3, 0.4) is 0 Å². The highest BCUT2D eigenvalue weighted by Gasteiger charge is 2.60. The van der Waals surface area contributed by atoms with Crippen molar-refractivity contribution in [2.45, 2.75) is 25.0 Å². The fourth-order valence-electron chi connectivity index (χ4n) is 4.31. The van der Waals surface area contributed by atoms with Crippen LogP contribution in [-0.4, -0.2) is 34.2 Å². The smallest absolute Gasteiger partial charge is 0.418 e. The van der Waals surface area contributed by atoms with Gasteiger partial charge in [-0.25, -0.2) is 9.69 Å². The Morgan fingerprint density at radius 2 is 1.69 bits per heavy atom. The number of carbonyl (C=O) groups is 2. The maximum Gasteiger partial charge on any atom is 0.418 e. The van der Waals surface area contributed by atoms with E-state index in [1.165, 1.54) is 7.11 Å². The predicted octanol–water partition coefficient (Wildman–Crippen LogP) is 4.51. The van der Waals surface area contributed by atoms with Gasteiger partial charge in [-0.2, -0.15) is 0 Å². The molecule has 4 aromatic rings. The third-order valence-electron chi connectivity index (χ3n) is 6.17. The molecule has 2 amide bonds. The lowest BCUT2D eigenvalue weighted by atomic mass is 9.92. The van der Waals surface area contributed by atoms with Crippen LogP contribution in [0.2, 0.25) is 0 Å². The van der Waals surface area contributed by atoms with Crippen LogP contribution < -0.4 is 10.5 Å². The van der Waals surface area contributed by atoms with Gasteiger partial charge in [0, 0.05) is 23.7 Å². The minimum absolute atomic E-state index is 0.0261. The third-order valence-corrected chi connectivity index (χ3v) is 6.17. The number of benzene rings is 3. The van der Waals surface area contributed by atoms with E-state index in [9.17, 15) is 9.59 Å². The van der Waals surface area contributed by atoms with E-state index in [0.717, 1.165) is 16.0 Å². The van der Waals surface area contributed by atoms with E-state index in [1.807, 2.05) is 60.7 Å². The number of imide groups is 1. The maximum atomic E-state index is 14.0. The summed E-state index contributed by atoms with van der Waals surface area (Å²) in [5.41, 5.74) is 6.65. The largest absolute Gasteiger partial charge is 0.497 e. The molecule has 0 bridgehead atoms. The molecule has 1 aromatic heterocycles. The van der Waals surface area contributed by atoms with E-state index in [0.29, 0.717) is 17.0 Å². The number of methoxy groups -OCH3 is 1. The Bertz CT molecular complexity index is 1410. The first-order valence-electron chi connectivity index (χ1n) is 11.4. The average molecular weight is 485 g/mol. The molecule has 9 nitrogen and oxygen atoms in total. The number of anilines is 1. The third kappa shape index (κ3) is 4.04. The molecular formula is C27H24N4O5. The molecule has 0 spiro atoms. The van der Waals surface area contributed by atoms with Gasteiger partial charge in [-0.3, -0.25) is 4.79 Å². The Kier molecular flexibility index (Phi) is 5.89. The highest BCUT2D eigenvalue weighted by molar-refractivity contribution is 6.03. The number of ether oxygens (including phenoxy) is 2. The monoisotopic (exact) mass is 484 g/mol. The molecule has 36 heavy (non-hydrogen) atoms. The van der Waals surface area contributed by atoms with Gasteiger partial charge in [0.15, 0.2) is 0 Å². The van der Waals surface area contributed by atoms with Gasteiger partial charge in [0.1, 0.15) is 5.75 Å². The van der Waals surface area contributed by atoms with Gasteiger partial charge in [-0.1, -0.05) is 60.7 Å². The van der Waals surface area contributed by atoms with Crippen molar-refractivity contribution in [2.24, 2.45) is 0 Å². The number of nitrogen functional groups attached to an aromatic ring is 1. The Labute approximate surface area is 207 Å². The van der Waals surface area contributed by atoms with Crippen LogP contribution >= 0.6 is 0 Å². The fourth-order valence-corrected chi connectivity index (χ4v) is 4.31. The summed E-state index contributed by atoms with van der Waals surface area (Å²) < 4.78 is 17.1. The number of amides is 2. The van der Waals surface area contributed by atoms with Crippen LogP contribution in [0.15, 0.2) is 83.3 Å². The van der Waals surface area contributed by atoms with Crippen LogP contribution in [-0.2, 0) is 21.6 Å². The summed E-state index contributed by atoms with van der Waals surface area (Å²) in [5.74, 6) is -0.0756. The summed E-state index contributed by atoms with van der Waals surface area (Å²) in [6.45, 7) is 1.77. The fraction of sp³-hybridized carbons (Fsp3) is 0.185. The molecule has 1 aliphatic rings. The Morgan fingerprint density at radius 1 is 1.00 bits per heavy atom. The molecule has 0 unspecified atom stereocenters. The Morgan fingerprint density at radius 3 is 2.39 bits per heavy atom. The summed E-state index contributed by atoms with van der Waals surface area (Å²) in [6, 6.07) is 22.9. The number of hydrogen-bond acceptors (Lipinski definition) is 8. The number of hydrogen-bond donors (Lipinski definition) is 1. The molecule has 182 valence electrons. The molecule has 9 heteroatoms. The van der Waals surface area contributed by atoms with Crippen LogP contribution in [0, 0.1) is 0 Å². The summed E-state index contributed by atoms with van der Waals surface area (Å²) in [4.78, 5) is 28.2. The zero-order valence-electron chi connectivity index (χ0n) is 19.8. The van der Waals surface area contributed by atoms with E-state index >= 15 is 0 Å². The zero-order chi connectivity index (χ0) is 25.3. The molecule has 1 aliphatic heterocycles. The normalized spacial score (nSPS) is 18.2. The van der Waals surface area contributed by atoms with Crippen molar-refractivity contribution in [1.29, 1.82) is 0 Å². The second-order valence-electron chi connectivity index (χ2n) is 8.53. The summed E-state index contributed by atoms with van der Waals surface area (Å²) in [5, 5.41) is 8.29. The minimum atomic E-state index is -1.82. The van der Waals surface area contributed by atoms with Crippen molar-refractivity contribution in [2.75, 3.05) is 12.8 Å². The standard InChI is InChI=1S/C27H24N4O5/c1-17(19-11-7-4-8-12-19)31-25(32)27(36-26(31)33,16-18-9-5-3-6-10-18)24-30-29-23(35-24)20-13-21(28)15-22(14-20)34-2/h3-15,17H,16,28H2,1-2H3/t17-,27-/m1/s1. The molecule has 5 rings (SSSR count). The van der Waals surface area contributed by atoms with Crippen LogP contribution in [0.1, 0.15) is 30.0 Å². The second-order valence-corrected chi connectivity index (χ2v) is 8.53. The highest BCUT2D eigenvalue weighted by atomic mass is 16.6. The Balaban J connectivity index is 1.58. The maximum absolute atomic E-state index is 14.0. The van der Waals surface area contributed by atoms with E-state index in [2.05, 4.69) is 10.2 Å². The van der Waals surface area contributed by atoms with Crippen molar-refractivity contribution >= 4 is 17.7 Å². The molecule has 0 aliphatic carbocycles. The van der Waals surface area contributed by atoms with Crippen molar-refractivity contribution in [3.63, 3.8) is 0 Å². The number of nitrogens with two attached hydrogens (primary N) is 1. The number of aromatic nitrogens is 2. The number of carbonyl (C=O) groups excluding carboxylic acids is 2. The second kappa shape index (κ2) is 9.18. The zero-order valence-corrected chi connectivity index (χ0v) is 19.8. The number of rotatable bonds is 7. The molecular weight excluding hydrogens is 460 g/mol. The van der Waals surface area contributed by atoms with Crippen molar-refractivity contribution in [1.82, 2.24) is 15.1 Å².